The first-order valence-corrected chi connectivity index (χ1v) is 4.52. The molecule has 0 bridgehead atoms. The van der Waals surface area contributed by atoms with Gasteiger partial charge in [-0.25, -0.2) is 0 Å². The average molecular weight is 158 g/mol. The Hall–Kier alpha value is -0.0451. The summed E-state index contributed by atoms with van der Waals surface area (Å²) in [5, 5.41) is 0. The molecule has 0 radical (unpaired) electrons. The zero-order valence-corrected chi connectivity index (χ0v) is 7.18. The topological polar surface area (TPSA) is 9.23 Å². The fourth-order valence-corrected chi connectivity index (χ4v) is 1.18. The van der Waals surface area contributed by atoms with Crippen molar-refractivity contribution in [1.82, 2.24) is 0 Å². The van der Waals surface area contributed by atoms with Crippen LogP contribution in [0.4, 0.5) is 4.32 Å². The molecule has 0 aromatic heterocycles. The van der Waals surface area contributed by atoms with E-state index in [1.54, 1.807) is 0 Å². The molecule has 64 valence electrons. The van der Waals surface area contributed by atoms with Crippen molar-refractivity contribution in [3.8, 4) is 0 Å². The minimum Gasteiger partial charge on any atom is -0.381 e. The summed E-state index contributed by atoms with van der Waals surface area (Å²) in [7, 11) is -0.151. The van der Waals surface area contributed by atoms with Crippen molar-refractivity contribution in [2.24, 2.45) is 5.92 Å². The molecule has 0 N–H and O–H groups in total. The highest BCUT2D eigenvalue weighted by atomic mass is 19.1. The number of ether oxygens (including phenoxy) is 1. The third-order valence-corrected chi connectivity index (χ3v) is 2.24. The molecule has 11 heavy (non-hydrogen) atoms. The van der Waals surface area contributed by atoms with Gasteiger partial charge in [0.05, 0.1) is 0 Å². The van der Waals surface area contributed by atoms with Gasteiger partial charge in [0.1, 0.15) is 0 Å². The van der Waals surface area contributed by atoms with Gasteiger partial charge in [0, 0.05) is 13.2 Å². The second kappa shape index (κ2) is 4.76. The molecule has 0 aromatic rings. The molecule has 0 heterocycles. The van der Waals surface area contributed by atoms with Gasteiger partial charge in [0.25, 0.3) is 0 Å². The predicted octanol–water partition coefficient (Wildman–Crippen LogP) is 1.93. The van der Waals surface area contributed by atoms with Crippen LogP contribution in [0.2, 0.25) is 5.82 Å². The second-order valence-electron chi connectivity index (χ2n) is 3.34. The number of hydrogen-bond acceptors (Lipinski definition) is 1. The predicted molar refractivity (Wildman–Crippen MR) is 45.8 cm³/mol. The Morgan fingerprint density at radius 3 is 3.00 bits per heavy atom. The van der Waals surface area contributed by atoms with Gasteiger partial charge in [-0.15, -0.1) is 0 Å². The first-order valence-electron chi connectivity index (χ1n) is 4.52. The monoisotopic (exact) mass is 158 g/mol. The summed E-state index contributed by atoms with van der Waals surface area (Å²) in [6.07, 6.45) is 3.35. The lowest BCUT2D eigenvalue weighted by Crippen LogP contribution is -1.99. The van der Waals surface area contributed by atoms with Gasteiger partial charge >= 0.3 is 7.56 Å². The van der Waals surface area contributed by atoms with Crippen LogP contribution in [0.15, 0.2) is 0 Å². The fourth-order valence-electron chi connectivity index (χ4n) is 1.18. The molecule has 1 saturated carbocycles. The van der Waals surface area contributed by atoms with Gasteiger partial charge in [-0.2, -0.15) is 0 Å². The molecule has 1 fully saturated rings. The molecule has 0 aliphatic heterocycles. The number of unbranched alkanes of at least 4 members (excludes halogenated alkanes) is 1. The SMILES string of the molecule is CCCCOCC1CC1BF. The van der Waals surface area contributed by atoms with E-state index in [2.05, 4.69) is 6.92 Å². The molecule has 2 atom stereocenters. The van der Waals surface area contributed by atoms with Gasteiger partial charge in [-0.1, -0.05) is 13.3 Å². The van der Waals surface area contributed by atoms with Crippen molar-refractivity contribution in [3.63, 3.8) is 0 Å². The minimum atomic E-state index is -0.151. The van der Waals surface area contributed by atoms with Crippen LogP contribution in [0.3, 0.4) is 0 Å². The van der Waals surface area contributed by atoms with Crippen molar-refractivity contribution in [2.45, 2.75) is 32.0 Å². The molecule has 1 aliphatic rings. The Balaban J connectivity index is 1.82. The largest absolute Gasteiger partial charge is 0.381 e. The van der Waals surface area contributed by atoms with E-state index in [9.17, 15) is 4.32 Å². The third-order valence-electron chi connectivity index (χ3n) is 2.24. The lowest BCUT2D eigenvalue weighted by molar-refractivity contribution is 0.121. The van der Waals surface area contributed by atoms with E-state index in [4.69, 9.17) is 4.74 Å². The highest BCUT2D eigenvalue weighted by molar-refractivity contribution is 6.30. The van der Waals surface area contributed by atoms with E-state index in [1.165, 1.54) is 6.42 Å². The van der Waals surface area contributed by atoms with Crippen LogP contribution in [-0.4, -0.2) is 20.8 Å². The third kappa shape index (κ3) is 3.23. The Labute approximate surface area is 68.6 Å². The molecule has 3 heteroatoms. The van der Waals surface area contributed by atoms with Crippen LogP contribution in [0, 0.1) is 5.92 Å². The summed E-state index contributed by atoms with van der Waals surface area (Å²) < 4.78 is 17.3. The summed E-state index contributed by atoms with van der Waals surface area (Å²) in [4.78, 5) is 0. The van der Waals surface area contributed by atoms with Crippen LogP contribution in [0.1, 0.15) is 26.2 Å². The molecule has 0 aromatic carbocycles. The molecule has 1 aliphatic carbocycles. The maximum Gasteiger partial charge on any atom is 0.334 e. The lowest BCUT2D eigenvalue weighted by atomic mass is 9.95. The summed E-state index contributed by atoms with van der Waals surface area (Å²) >= 11 is 0. The van der Waals surface area contributed by atoms with E-state index >= 15 is 0 Å². The van der Waals surface area contributed by atoms with Crippen LogP contribution in [0.25, 0.3) is 0 Å². The maximum absolute atomic E-state index is 11.9. The Morgan fingerprint density at radius 1 is 1.64 bits per heavy atom. The van der Waals surface area contributed by atoms with E-state index in [0.29, 0.717) is 11.7 Å². The van der Waals surface area contributed by atoms with Crippen LogP contribution >= 0.6 is 0 Å². The zero-order chi connectivity index (χ0) is 8.10. The van der Waals surface area contributed by atoms with E-state index in [0.717, 1.165) is 26.1 Å². The maximum atomic E-state index is 11.9. The molecule has 0 amide bonds. The molecule has 1 nitrogen and oxygen atoms in total. The Bertz CT molecular complexity index is 110. The molecular weight excluding hydrogens is 142 g/mol. The smallest absolute Gasteiger partial charge is 0.334 e. The van der Waals surface area contributed by atoms with Crippen LogP contribution < -0.4 is 0 Å². The van der Waals surface area contributed by atoms with E-state index in [1.807, 2.05) is 0 Å². The normalized spacial score (nSPS) is 28.5. The van der Waals surface area contributed by atoms with Gasteiger partial charge in [-0.3, -0.25) is 0 Å². The van der Waals surface area contributed by atoms with Gasteiger partial charge in [0.2, 0.25) is 0 Å². The second-order valence-corrected chi connectivity index (χ2v) is 3.34. The van der Waals surface area contributed by atoms with Crippen molar-refractivity contribution in [3.05, 3.63) is 0 Å². The first-order chi connectivity index (χ1) is 5.38. The number of hydrogen-bond donors (Lipinski definition) is 0. The molecule has 0 spiro atoms. The summed E-state index contributed by atoms with van der Waals surface area (Å²) in [6, 6.07) is 0. The fraction of sp³-hybridized carbons (Fsp3) is 1.00. The Morgan fingerprint density at radius 2 is 2.45 bits per heavy atom. The molecule has 2 unspecified atom stereocenters. The minimum absolute atomic E-state index is 0.151. The van der Waals surface area contributed by atoms with Crippen molar-refractivity contribution in [1.29, 1.82) is 0 Å². The average Bonchev–Trinajstić information content (AvgIpc) is 2.77. The van der Waals surface area contributed by atoms with Crippen LogP contribution in [-0.2, 0) is 4.74 Å². The first kappa shape index (κ1) is 9.05. The molecular formula is C8H16BFO. The number of halogens is 1. The van der Waals surface area contributed by atoms with E-state index in [-0.39, 0.29) is 7.56 Å². The van der Waals surface area contributed by atoms with E-state index < -0.39 is 0 Å². The van der Waals surface area contributed by atoms with Gasteiger partial charge < -0.3 is 9.05 Å². The highest BCUT2D eigenvalue weighted by Crippen LogP contribution is 2.44. The lowest BCUT2D eigenvalue weighted by Gasteiger charge is -2.00. The zero-order valence-electron chi connectivity index (χ0n) is 7.18. The van der Waals surface area contributed by atoms with Crippen molar-refractivity contribution in [2.75, 3.05) is 13.2 Å². The van der Waals surface area contributed by atoms with Gasteiger partial charge in [0.15, 0.2) is 0 Å². The summed E-state index contributed by atoms with van der Waals surface area (Å²) in [5.74, 6) is 0.869. The quantitative estimate of drug-likeness (QED) is 0.424. The van der Waals surface area contributed by atoms with Gasteiger partial charge in [-0.05, 0) is 24.6 Å². The Kier molecular flexibility index (Phi) is 3.91. The highest BCUT2D eigenvalue weighted by Gasteiger charge is 2.37. The molecule has 0 saturated heterocycles. The summed E-state index contributed by atoms with van der Waals surface area (Å²) in [6.45, 7) is 3.78. The standard InChI is InChI=1S/C8H16BFO/c1-2-3-4-11-6-7-5-8(7)9-10/h7-9H,2-6H2,1H3. The molecule has 1 rings (SSSR count). The van der Waals surface area contributed by atoms with Crippen LogP contribution in [0.5, 0.6) is 0 Å². The number of rotatable bonds is 6. The van der Waals surface area contributed by atoms with Crippen molar-refractivity contribution >= 4 is 7.56 Å². The van der Waals surface area contributed by atoms with Crippen molar-refractivity contribution < 1.29 is 9.05 Å². The summed E-state index contributed by atoms with van der Waals surface area (Å²) in [5.41, 5.74) is 0.